The van der Waals surface area contributed by atoms with Crippen LogP contribution in [0.4, 0.5) is 10.5 Å². The fourth-order valence-electron chi connectivity index (χ4n) is 2.63. The van der Waals surface area contributed by atoms with Gasteiger partial charge in [0.1, 0.15) is 0 Å². The first-order valence-electron chi connectivity index (χ1n) is 8.05. The average molecular weight is 364 g/mol. The minimum Gasteiger partial charge on any atom is -0.475 e. The average Bonchev–Trinajstić information content (AvgIpc) is 2.64. The molecule has 0 saturated carbocycles. The molecule has 0 radical (unpaired) electrons. The summed E-state index contributed by atoms with van der Waals surface area (Å²) in [5.74, 6) is -0.414. The maximum Gasteiger partial charge on any atom is 0.407 e. The zero-order valence-corrected chi connectivity index (χ0v) is 14.3. The van der Waals surface area contributed by atoms with Gasteiger partial charge in [-0.3, -0.25) is 10.1 Å². The highest BCUT2D eigenvalue weighted by Crippen LogP contribution is 2.29. The molecule has 1 fully saturated rings. The van der Waals surface area contributed by atoms with E-state index in [0.29, 0.717) is 31.5 Å². The molecule has 1 heterocycles. The molecule has 0 bridgehead atoms. The fraction of sp³-hybridized carbons (Fsp3) is 0.412. The van der Waals surface area contributed by atoms with E-state index in [1.807, 2.05) is 6.08 Å². The summed E-state index contributed by atoms with van der Waals surface area (Å²) in [6.45, 7) is 0.546. The van der Waals surface area contributed by atoms with Gasteiger partial charge in [0.2, 0.25) is 0 Å². The number of benzene rings is 1. The van der Waals surface area contributed by atoms with Crippen molar-refractivity contribution in [2.24, 2.45) is 5.92 Å². The molecule has 0 atom stereocenters. The number of nitro benzene ring substituents is 1. The Morgan fingerprint density at radius 1 is 1.38 bits per heavy atom. The molecule has 1 N–H and O–H groups in total. The molecule has 1 aliphatic heterocycles. The Bertz CT molecular complexity index is 709. The standard InChI is InChI=1S/C17H20N2O7/c1-25-16(20)11-26-15-5-4-13(10-14(15)19(23)24)3-2-12-6-8-18(9-7-12)17(21)22/h2-5,10,12H,6-9,11H2,1H3,(H,21,22)/b3-2+. The molecule has 1 aromatic rings. The van der Waals surface area contributed by atoms with Crippen LogP contribution in [-0.2, 0) is 9.53 Å². The van der Waals surface area contributed by atoms with Crippen molar-refractivity contribution in [1.29, 1.82) is 0 Å². The zero-order valence-electron chi connectivity index (χ0n) is 14.3. The van der Waals surface area contributed by atoms with Crippen LogP contribution in [0.25, 0.3) is 6.08 Å². The van der Waals surface area contributed by atoms with E-state index in [1.54, 1.807) is 12.1 Å². The monoisotopic (exact) mass is 364 g/mol. The Labute approximate surface area is 150 Å². The third-order valence-electron chi connectivity index (χ3n) is 4.12. The van der Waals surface area contributed by atoms with E-state index in [9.17, 15) is 19.7 Å². The fourth-order valence-corrected chi connectivity index (χ4v) is 2.63. The van der Waals surface area contributed by atoms with Crippen molar-refractivity contribution in [2.75, 3.05) is 26.8 Å². The van der Waals surface area contributed by atoms with Crippen molar-refractivity contribution in [3.05, 3.63) is 40.0 Å². The van der Waals surface area contributed by atoms with E-state index >= 15 is 0 Å². The summed E-state index contributed by atoms with van der Waals surface area (Å²) in [6, 6.07) is 4.46. The molecule has 0 aromatic heterocycles. The molecule has 0 aliphatic carbocycles. The number of likely N-dealkylation sites (tertiary alicyclic amines) is 1. The highest BCUT2D eigenvalue weighted by molar-refractivity contribution is 5.71. The van der Waals surface area contributed by atoms with E-state index in [4.69, 9.17) is 9.84 Å². The van der Waals surface area contributed by atoms with E-state index < -0.39 is 23.6 Å². The number of piperidine rings is 1. The van der Waals surface area contributed by atoms with Gasteiger partial charge in [0.15, 0.2) is 12.4 Å². The second-order valence-electron chi connectivity index (χ2n) is 5.82. The number of hydrogen-bond acceptors (Lipinski definition) is 6. The van der Waals surface area contributed by atoms with Gasteiger partial charge in [-0.2, -0.15) is 0 Å². The lowest BCUT2D eigenvalue weighted by molar-refractivity contribution is -0.385. The van der Waals surface area contributed by atoms with E-state index in [2.05, 4.69) is 4.74 Å². The van der Waals surface area contributed by atoms with Crippen LogP contribution in [-0.4, -0.2) is 53.8 Å². The summed E-state index contributed by atoms with van der Waals surface area (Å²) in [5, 5.41) is 20.2. The molecule has 0 spiro atoms. The Morgan fingerprint density at radius 2 is 2.08 bits per heavy atom. The summed E-state index contributed by atoms with van der Waals surface area (Å²) in [4.78, 5) is 34.0. The number of rotatable bonds is 6. The third kappa shape index (κ3) is 5.20. The van der Waals surface area contributed by atoms with Gasteiger partial charge < -0.3 is 19.5 Å². The second kappa shape index (κ2) is 8.84. The molecule has 1 aliphatic rings. The Hall–Kier alpha value is -3.10. The number of nitro groups is 1. The van der Waals surface area contributed by atoms with E-state index in [1.165, 1.54) is 24.1 Å². The van der Waals surface area contributed by atoms with Gasteiger partial charge in [-0.1, -0.05) is 18.2 Å². The van der Waals surface area contributed by atoms with Crippen LogP contribution in [0.2, 0.25) is 0 Å². The lowest BCUT2D eigenvalue weighted by atomic mass is 9.96. The van der Waals surface area contributed by atoms with Crippen molar-refractivity contribution in [3.63, 3.8) is 0 Å². The Morgan fingerprint density at radius 3 is 2.65 bits per heavy atom. The highest BCUT2D eigenvalue weighted by Gasteiger charge is 2.21. The van der Waals surface area contributed by atoms with Gasteiger partial charge >= 0.3 is 17.7 Å². The van der Waals surface area contributed by atoms with Gasteiger partial charge in [-0.15, -0.1) is 0 Å². The van der Waals surface area contributed by atoms with Gasteiger partial charge in [-0.05, 0) is 30.4 Å². The van der Waals surface area contributed by atoms with Crippen LogP contribution < -0.4 is 4.74 Å². The van der Waals surface area contributed by atoms with Crippen LogP contribution in [0.15, 0.2) is 24.3 Å². The lowest BCUT2D eigenvalue weighted by Crippen LogP contribution is -2.36. The van der Waals surface area contributed by atoms with Gasteiger partial charge in [0.25, 0.3) is 0 Å². The number of allylic oxidation sites excluding steroid dienone is 1. The second-order valence-corrected chi connectivity index (χ2v) is 5.82. The maximum absolute atomic E-state index is 11.2. The molecule has 0 unspecified atom stereocenters. The van der Waals surface area contributed by atoms with Crippen molar-refractivity contribution in [2.45, 2.75) is 12.8 Å². The maximum atomic E-state index is 11.2. The number of nitrogens with zero attached hydrogens (tertiary/aromatic N) is 2. The number of esters is 1. The minimum atomic E-state index is -0.911. The first-order chi connectivity index (χ1) is 12.4. The van der Waals surface area contributed by atoms with E-state index in [0.717, 1.165) is 0 Å². The van der Waals surface area contributed by atoms with Crippen LogP contribution >= 0.6 is 0 Å². The molecule has 1 saturated heterocycles. The minimum absolute atomic E-state index is 0.00711. The van der Waals surface area contributed by atoms with Crippen molar-refractivity contribution in [3.8, 4) is 5.75 Å². The van der Waals surface area contributed by atoms with Crippen LogP contribution in [0, 0.1) is 16.0 Å². The van der Waals surface area contributed by atoms with E-state index in [-0.39, 0.29) is 17.4 Å². The third-order valence-corrected chi connectivity index (χ3v) is 4.12. The zero-order chi connectivity index (χ0) is 19.1. The summed E-state index contributed by atoms with van der Waals surface area (Å²) in [7, 11) is 1.20. The normalized spacial score (nSPS) is 15.0. The Kier molecular flexibility index (Phi) is 6.54. The molecule has 1 aromatic carbocycles. The first kappa shape index (κ1) is 19.2. The van der Waals surface area contributed by atoms with Crippen LogP contribution in [0.1, 0.15) is 18.4 Å². The van der Waals surface area contributed by atoms with Gasteiger partial charge in [-0.25, -0.2) is 9.59 Å². The first-order valence-corrected chi connectivity index (χ1v) is 8.05. The van der Waals surface area contributed by atoms with Crippen LogP contribution in [0.3, 0.4) is 0 Å². The highest BCUT2D eigenvalue weighted by atomic mass is 16.6. The summed E-state index contributed by atoms with van der Waals surface area (Å²) >= 11 is 0. The number of amides is 1. The lowest BCUT2D eigenvalue weighted by Gasteiger charge is -2.28. The van der Waals surface area contributed by atoms with Gasteiger partial charge in [0.05, 0.1) is 12.0 Å². The predicted octanol–water partition coefficient (Wildman–Crippen LogP) is 2.55. The molecule has 9 heteroatoms. The number of ether oxygens (including phenoxy) is 2. The van der Waals surface area contributed by atoms with Crippen molar-refractivity contribution < 1.29 is 29.1 Å². The smallest absolute Gasteiger partial charge is 0.407 e. The van der Waals surface area contributed by atoms with Crippen molar-refractivity contribution >= 4 is 23.8 Å². The molecule has 2 rings (SSSR count). The Balaban J connectivity index is 2.03. The van der Waals surface area contributed by atoms with Crippen molar-refractivity contribution in [1.82, 2.24) is 4.90 Å². The predicted molar refractivity (Wildman–Crippen MR) is 92.0 cm³/mol. The summed E-state index contributed by atoms with van der Waals surface area (Å²) < 4.78 is 9.57. The molecular weight excluding hydrogens is 344 g/mol. The number of hydrogen-bond donors (Lipinski definition) is 1. The van der Waals surface area contributed by atoms with Crippen LogP contribution in [0.5, 0.6) is 5.75 Å². The number of methoxy groups -OCH3 is 1. The number of carbonyl (C=O) groups excluding carboxylic acids is 1. The topological polar surface area (TPSA) is 119 Å². The number of carboxylic acid groups (broad SMARTS) is 1. The molecule has 26 heavy (non-hydrogen) atoms. The quantitative estimate of drug-likeness (QED) is 0.468. The largest absolute Gasteiger partial charge is 0.475 e. The summed E-state index contributed by atoms with van der Waals surface area (Å²) in [6.07, 6.45) is 4.23. The number of carbonyl (C=O) groups is 2. The molecular formula is C17H20N2O7. The SMILES string of the molecule is COC(=O)COc1ccc(/C=C/C2CCN(C(=O)O)CC2)cc1[N+](=O)[O-]. The molecule has 9 nitrogen and oxygen atoms in total. The molecule has 140 valence electrons. The summed E-state index contributed by atoms with van der Waals surface area (Å²) in [5.41, 5.74) is 0.388. The molecule has 1 amide bonds. The van der Waals surface area contributed by atoms with Gasteiger partial charge in [0, 0.05) is 19.2 Å².